The lowest BCUT2D eigenvalue weighted by Crippen LogP contribution is -2.59. The van der Waals surface area contributed by atoms with Crippen LogP contribution in [0.25, 0.3) is 4.96 Å². The average molecular weight is 346 g/mol. The number of fused-ring (bicyclic) bond motifs is 1. The number of nitrogens with zero attached hydrogens (tertiary/aromatic N) is 4. The summed E-state index contributed by atoms with van der Waals surface area (Å²) in [5.41, 5.74) is 0.793. The molecule has 3 heterocycles. The van der Waals surface area contributed by atoms with E-state index in [1.54, 1.807) is 16.6 Å². The fraction of sp³-hybridized carbons (Fsp3) is 0.412. The summed E-state index contributed by atoms with van der Waals surface area (Å²) in [7, 11) is 0. The Morgan fingerprint density at radius 2 is 1.88 bits per heavy atom. The van der Waals surface area contributed by atoms with Crippen LogP contribution in [0.15, 0.2) is 30.5 Å². The van der Waals surface area contributed by atoms with Crippen molar-refractivity contribution in [3.63, 3.8) is 0 Å². The van der Waals surface area contributed by atoms with E-state index in [1.807, 2.05) is 11.1 Å². The Morgan fingerprint density at radius 3 is 2.46 bits per heavy atom. The molecule has 0 aliphatic carbocycles. The van der Waals surface area contributed by atoms with Gasteiger partial charge in [-0.25, -0.2) is 13.9 Å². The van der Waals surface area contributed by atoms with E-state index in [9.17, 15) is 9.50 Å². The van der Waals surface area contributed by atoms with Gasteiger partial charge in [-0.05, 0) is 17.7 Å². The van der Waals surface area contributed by atoms with Crippen LogP contribution in [0.5, 0.6) is 0 Å². The van der Waals surface area contributed by atoms with Crippen LogP contribution < -0.4 is 4.90 Å². The van der Waals surface area contributed by atoms with Crippen molar-refractivity contribution in [1.29, 1.82) is 0 Å². The Bertz CT molecular complexity index is 856. The molecule has 1 fully saturated rings. The van der Waals surface area contributed by atoms with Crippen molar-refractivity contribution in [2.24, 2.45) is 0 Å². The van der Waals surface area contributed by atoms with Gasteiger partial charge in [0.2, 0.25) is 10.1 Å². The van der Waals surface area contributed by atoms with E-state index in [0.29, 0.717) is 13.1 Å². The molecule has 4 rings (SSSR count). The van der Waals surface area contributed by atoms with Crippen molar-refractivity contribution in [2.45, 2.75) is 31.8 Å². The summed E-state index contributed by atoms with van der Waals surface area (Å²) in [5, 5.41) is 16.1. The highest BCUT2D eigenvalue weighted by Crippen LogP contribution is 2.37. The first-order chi connectivity index (χ1) is 11.2. The van der Waals surface area contributed by atoms with Crippen LogP contribution in [0.2, 0.25) is 0 Å². The monoisotopic (exact) mass is 346 g/mol. The van der Waals surface area contributed by atoms with Gasteiger partial charge in [0.15, 0.2) is 0 Å². The molecule has 126 valence electrons. The van der Waals surface area contributed by atoms with Crippen LogP contribution in [0.4, 0.5) is 9.52 Å². The third-order valence-electron chi connectivity index (χ3n) is 4.36. The third kappa shape index (κ3) is 2.48. The number of anilines is 1. The van der Waals surface area contributed by atoms with E-state index >= 15 is 0 Å². The maximum absolute atomic E-state index is 13.0. The second kappa shape index (κ2) is 5.00. The summed E-state index contributed by atoms with van der Waals surface area (Å²) in [4.78, 5) is 7.50. The number of hydrogen-bond acceptors (Lipinski definition) is 5. The van der Waals surface area contributed by atoms with Gasteiger partial charge in [-0.2, -0.15) is 0 Å². The molecule has 1 saturated heterocycles. The molecule has 1 aliphatic heterocycles. The van der Waals surface area contributed by atoms with Crippen molar-refractivity contribution < 1.29 is 9.50 Å². The SMILES string of the molecule is CC(C)(C)c1cn2nc(N3CC(O)(c4ccc(F)cc4)C3)sc2n1. The first kappa shape index (κ1) is 15.5. The van der Waals surface area contributed by atoms with Crippen molar-refractivity contribution >= 4 is 21.4 Å². The number of benzene rings is 1. The van der Waals surface area contributed by atoms with Gasteiger partial charge in [0.1, 0.15) is 11.4 Å². The molecule has 0 saturated carbocycles. The van der Waals surface area contributed by atoms with E-state index in [4.69, 9.17) is 0 Å². The lowest BCUT2D eigenvalue weighted by atomic mass is 9.86. The number of hydrogen-bond donors (Lipinski definition) is 1. The highest BCUT2D eigenvalue weighted by molar-refractivity contribution is 7.20. The minimum absolute atomic E-state index is 0.00677. The number of imidazole rings is 1. The Morgan fingerprint density at radius 1 is 1.21 bits per heavy atom. The molecule has 1 N–H and O–H groups in total. The zero-order chi connectivity index (χ0) is 17.1. The van der Waals surface area contributed by atoms with Gasteiger partial charge in [-0.15, -0.1) is 5.10 Å². The Kier molecular flexibility index (Phi) is 3.24. The van der Waals surface area contributed by atoms with E-state index in [0.717, 1.165) is 21.3 Å². The molecule has 0 atom stereocenters. The number of aliphatic hydroxyl groups is 1. The second-order valence-electron chi connectivity index (χ2n) is 7.38. The van der Waals surface area contributed by atoms with E-state index < -0.39 is 5.60 Å². The van der Waals surface area contributed by atoms with Crippen molar-refractivity contribution in [3.8, 4) is 0 Å². The van der Waals surface area contributed by atoms with E-state index in [2.05, 4.69) is 30.9 Å². The van der Waals surface area contributed by atoms with E-state index in [1.165, 1.54) is 23.5 Å². The summed E-state index contributed by atoms with van der Waals surface area (Å²) in [6.45, 7) is 7.26. The Hall–Kier alpha value is -1.99. The van der Waals surface area contributed by atoms with Crippen molar-refractivity contribution in [3.05, 3.63) is 47.5 Å². The lowest BCUT2D eigenvalue weighted by molar-refractivity contribution is 0.00738. The molecule has 5 nitrogen and oxygen atoms in total. The van der Waals surface area contributed by atoms with Crippen LogP contribution in [0, 0.1) is 5.82 Å². The largest absolute Gasteiger partial charge is 0.381 e. The van der Waals surface area contributed by atoms with Crippen molar-refractivity contribution in [1.82, 2.24) is 14.6 Å². The Balaban J connectivity index is 1.53. The van der Waals surface area contributed by atoms with Gasteiger partial charge >= 0.3 is 0 Å². The summed E-state index contributed by atoms with van der Waals surface area (Å²) in [6.07, 6.45) is 1.96. The molecule has 0 radical (unpaired) electrons. The summed E-state index contributed by atoms with van der Waals surface area (Å²) in [6, 6.07) is 6.02. The average Bonchev–Trinajstić information content (AvgIpc) is 3.02. The maximum Gasteiger partial charge on any atom is 0.214 e. The highest BCUT2D eigenvalue weighted by atomic mass is 32.1. The zero-order valence-corrected chi connectivity index (χ0v) is 14.6. The second-order valence-corrected chi connectivity index (χ2v) is 8.32. The molecule has 2 aromatic heterocycles. The molecule has 0 bridgehead atoms. The predicted octanol–water partition coefficient (Wildman–Crippen LogP) is 2.94. The Labute approximate surface area is 143 Å². The molecule has 7 heteroatoms. The van der Waals surface area contributed by atoms with Crippen molar-refractivity contribution in [2.75, 3.05) is 18.0 Å². The minimum Gasteiger partial charge on any atom is -0.381 e. The zero-order valence-electron chi connectivity index (χ0n) is 13.8. The van der Waals surface area contributed by atoms with Gasteiger partial charge in [0.25, 0.3) is 0 Å². The maximum atomic E-state index is 13.0. The smallest absolute Gasteiger partial charge is 0.214 e. The quantitative estimate of drug-likeness (QED) is 0.775. The number of halogens is 1. The normalized spacial score (nSPS) is 17.3. The number of β-amino-alcohol motifs (C(OH)–C–C–N with tert-alkyl or cyclic N) is 1. The van der Waals surface area contributed by atoms with Gasteiger partial charge in [-0.1, -0.05) is 44.2 Å². The third-order valence-corrected chi connectivity index (χ3v) is 5.34. The predicted molar refractivity (Wildman–Crippen MR) is 92.1 cm³/mol. The highest BCUT2D eigenvalue weighted by Gasteiger charge is 2.44. The molecule has 0 unspecified atom stereocenters. The fourth-order valence-electron chi connectivity index (χ4n) is 2.84. The molecule has 24 heavy (non-hydrogen) atoms. The molecule has 0 spiro atoms. The van der Waals surface area contributed by atoms with E-state index in [-0.39, 0.29) is 11.2 Å². The van der Waals surface area contributed by atoms with Gasteiger partial charge < -0.3 is 10.0 Å². The first-order valence-electron chi connectivity index (χ1n) is 7.85. The van der Waals surface area contributed by atoms with Gasteiger partial charge in [0.05, 0.1) is 25.0 Å². The standard InChI is InChI=1S/C17H19FN4OS/c1-16(2,3)13-8-22-14(19-13)24-15(20-22)21-9-17(23,10-21)11-4-6-12(18)7-5-11/h4-8,23H,9-10H2,1-3H3. The molecular weight excluding hydrogens is 327 g/mol. The van der Waals surface area contributed by atoms with Crippen LogP contribution >= 0.6 is 11.3 Å². The van der Waals surface area contributed by atoms with Crippen LogP contribution in [0.3, 0.4) is 0 Å². The number of rotatable bonds is 2. The molecule has 1 aliphatic rings. The summed E-state index contributed by atoms with van der Waals surface area (Å²) < 4.78 is 14.8. The lowest BCUT2D eigenvalue weighted by Gasteiger charge is -2.46. The summed E-state index contributed by atoms with van der Waals surface area (Å²) >= 11 is 1.51. The molecule has 1 aromatic carbocycles. The number of aromatic nitrogens is 3. The molecular formula is C17H19FN4OS. The molecule has 3 aromatic rings. The van der Waals surface area contributed by atoms with Crippen LogP contribution in [0.1, 0.15) is 32.0 Å². The first-order valence-corrected chi connectivity index (χ1v) is 8.66. The molecule has 0 amide bonds. The van der Waals surface area contributed by atoms with Crippen LogP contribution in [-0.2, 0) is 11.0 Å². The van der Waals surface area contributed by atoms with Crippen LogP contribution in [-0.4, -0.2) is 32.8 Å². The van der Waals surface area contributed by atoms with Gasteiger partial charge in [0, 0.05) is 5.41 Å². The summed E-state index contributed by atoms with van der Waals surface area (Å²) in [5.74, 6) is -0.297. The fourth-order valence-corrected chi connectivity index (χ4v) is 3.72. The minimum atomic E-state index is -0.946. The topological polar surface area (TPSA) is 53.7 Å². The van der Waals surface area contributed by atoms with Gasteiger partial charge in [-0.3, -0.25) is 0 Å².